The molecule has 0 bridgehead atoms. The van der Waals surface area contributed by atoms with Crippen molar-refractivity contribution in [2.24, 2.45) is 17.8 Å². The average molecular weight is 239 g/mol. The van der Waals surface area contributed by atoms with Crippen molar-refractivity contribution in [1.29, 1.82) is 0 Å². The summed E-state index contributed by atoms with van der Waals surface area (Å²) in [5.74, 6) is 2.83. The van der Waals surface area contributed by atoms with Crippen molar-refractivity contribution in [1.82, 2.24) is 5.32 Å². The van der Waals surface area contributed by atoms with Gasteiger partial charge in [0.2, 0.25) is 0 Å². The van der Waals surface area contributed by atoms with Crippen molar-refractivity contribution >= 4 is 0 Å². The highest BCUT2D eigenvalue weighted by molar-refractivity contribution is 4.76. The highest BCUT2D eigenvalue weighted by atomic mass is 14.9. The molecule has 1 N–H and O–H groups in total. The Balaban J connectivity index is 2.27. The van der Waals surface area contributed by atoms with E-state index < -0.39 is 0 Å². The van der Waals surface area contributed by atoms with Gasteiger partial charge in [-0.2, -0.15) is 0 Å². The molecular weight excluding hydrogens is 206 g/mol. The van der Waals surface area contributed by atoms with Crippen LogP contribution in [0.15, 0.2) is 0 Å². The molecule has 0 aromatic heterocycles. The zero-order valence-corrected chi connectivity index (χ0v) is 12.5. The van der Waals surface area contributed by atoms with Crippen LogP contribution in [0, 0.1) is 17.8 Å². The Labute approximate surface area is 109 Å². The summed E-state index contributed by atoms with van der Waals surface area (Å²) in [4.78, 5) is 0. The van der Waals surface area contributed by atoms with E-state index in [4.69, 9.17) is 0 Å². The number of hydrogen-bond acceptors (Lipinski definition) is 1. The predicted molar refractivity (Wildman–Crippen MR) is 77.3 cm³/mol. The van der Waals surface area contributed by atoms with Crippen LogP contribution in [0.3, 0.4) is 0 Å². The van der Waals surface area contributed by atoms with Crippen molar-refractivity contribution < 1.29 is 0 Å². The minimum Gasteiger partial charge on any atom is -0.314 e. The van der Waals surface area contributed by atoms with Gasteiger partial charge in [-0.1, -0.05) is 53.4 Å². The lowest BCUT2D eigenvalue weighted by Crippen LogP contribution is -2.34. The maximum atomic E-state index is 3.65. The Kier molecular flexibility index (Phi) is 7.18. The van der Waals surface area contributed by atoms with Crippen LogP contribution >= 0.6 is 0 Å². The van der Waals surface area contributed by atoms with Crippen LogP contribution < -0.4 is 5.32 Å². The normalized spacial score (nSPS) is 27.4. The van der Waals surface area contributed by atoms with E-state index in [0.717, 1.165) is 30.3 Å². The molecule has 0 heterocycles. The van der Waals surface area contributed by atoms with Crippen LogP contribution in [0.1, 0.15) is 72.6 Å². The Hall–Kier alpha value is -0.0400. The molecule has 0 amide bonds. The molecule has 1 fully saturated rings. The first kappa shape index (κ1) is 15.0. The number of rotatable bonds is 7. The van der Waals surface area contributed by atoms with E-state index in [0.29, 0.717) is 0 Å². The van der Waals surface area contributed by atoms with Gasteiger partial charge >= 0.3 is 0 Å². The molecular formula is C16H33N. The third kappa shape index (κ3) is 5.42. The van der Waals surface area contributed by atoms with E-state index in [1.165, 1.54) is 44.9 Å². The molecule has 17 heavy (non-hydrogen) atoms. The molecule has 1 rings (SSSR count). The molecule has 1 nitrogen and oxygen atoms in total. The summed E-state index contributed by atoms with van der Waals surface area (Å²) in [5, 5.41) is 3.65. The highest BCUT2D eigenvalue weighted by Gasteiger charge is 2.22. The second-order valence-electron chi connectivity index (χ2n) is 6.29. The molecule has 3 atom stereocenters. The second kappa shape index (κ2) is 8.13. The molecule has 0 radical (unpaired) electrons. The molecule has 1 aliphatic rings. The summed E-state index contributed by atoms with van der Waals surface area (Å²) >= 11 is 0. The predicted octanol–water partition coefficient (Wildman–Crippen LogP) is 4.62. The van der Waals surface area contributed by atoms with Crippen molar-refractivity contribution in [3.8, 4) is 0 Å². The van der Waals surface area contributed by atoms with Crippen LogP contribution in [-0.2, 0) is 0 Å². The van der Waals surface area contributed by atoms with Crippen LogP contribution in [0.2, 0.25) is 0 Å². The molecule has 1 saturated carbocycles. The third-order valence-corrected chi connectivity index (χ3v) is 4.63. The molecule has 0 aromatic rings. The summed E-state index contributed by atoms with van der Waals surface area (Å²) < 4.78 is 0. The van der Waals surface area contributed by atoms with Gasteiger partial charge in [-0.25, -0.2) is 0 Å². The van der Waals surface area contributed by atoms with Crippen molar-refractivity contribution in [3.63, 3.8) is 0 Å². The molecule has 1 aliphatic carbocycles. The van der Waals surface area contributed by atoms with Gasteiger partial charge < -0.3 is 5.32 Å². The van der Waals surface area contributed by atoms with Gasteiger partial charge in [0.15, 0.2) is 0 Å². The molecule has 0 aromatic carbocycles. The van der Waals surface area contributed by atoms with Crippen molar-refractivity contribution in [3.05, 3.63) is 0 Å². The van der Waals surface area contributed by atoms with Crippen LogP contribution in [-0.4, -0.2) is 12.6 Å². The summed E-state index contributed by atoms with van der Waals surface area (Å²) in [6.07, 6.45) is 10.2. The fourth-order valence-electron chi connectivity index (χ4n) is 3.38. The van der Waals surface area contributed by atoms with Gasteiger partial charge in [0.25, 0.3) is 0 Å². The van der Waals surface area contributed by atoms with Gasteiger partial charge in [0.1, 0.15) is 0 Å². The fraction of sp³-hybridized carbons (Fsp3) is 1.00. The monoisotopic (exact) mass is 239 g/mol. The van der Waals surface area contributed by atoms with Crippen LogP contribution in [0.25, 0.3) is 0 Å². The van der Waals surface area contributed by atoms with Crippen LogP contribution in [0.4, 0.5) is 0 Å². The molecule has 0 spiro atoms. The summed E-state index contributed by atoms with van der Waals surface area (Å²) in [5.41, 5.74) is 0. The smallest absolute Gasteiger partial charge is 0.00900 e. The van der Waals surface area contributed by atoms with E-state index >= 15 is 0 Å². The first-order chi connectivity index (χ1) is 8.17. The van der Waals surface area contributed by atoms with Gasteiger partial charge in [-0.05, 0) is 43.6 Å². The van der Waals surface area contributed by atoms with Crippen LogP contribution in [0.5, 0.6) is 0 Å². The lowest BCUT2D eigenvalue weighted by Gasteiger charge is -2.30. The zero-order chi connectivity index (χ0) is 12.7. The van der Waals surface area contributed by atoms with Gasteiger partial charge in [0.05, 0.1) is 0 Å². The maximum absolute atomic E-state index is 3.65. The summed E-state index contributed by atoms with van der Waals surface area (Å²) in [7, 11) is 0. The van der Waals surface area contributed by atoms with E-state index in [9.17, 15) is 0 Å². The maximum Gasteiger partial charge on any atom is 0.00900 e. The van der Waals surface area contributed by atoms with E-state index in [2.05, 4.69) is 33.0 Å². The fourth-order valence-corrected chi connectivity index (χ4v) is 3.38. The standard InChI is InChI=1S/C16H33N/c1-5-14-8-7-9-15(12-14)10-11-16(13(3)4)17-6-2/h13-17H,5-12H2,1-4H3. The van der Waals surface area contributed by atoms with E-state index in [-0.39, 0.29) is 0 Å². The molecule has 102 valence electrons. The molecule has 3 unspecified atom stereocenters. The lowest BCUT2D eigenvalue weighted by molar-refractivity contribution is 0.232. The van der Waals surface area contributed by atoms with Crippen molar-refractivity contribution in [2.45, 2.75) is 78.7 Å². The molecule has 1 heteroatoms. The summed E-state index contributed by atoms with van der Waals surface area (Å²) in [6.45, 7) is 10.4. The minimum atomic E-state index is 0.738. The topological polar surface area (TPSA) is 12.0 Å². The Morgan fingerprint density at radius 2 is 1.82 bits per heavy atom. The molecule has 0 saturated heterocycles. The second-order valence-corrected chi connectivity index (χ2v) is 6.29. The van der Waals surface area contributed by atoms with E-state index in [1.54, 1.807) is 0 Å². The van der Waals surface area contributed by atoms with Gasteiger partial charge in [-0.15, -0.1) is 0 Å². The SMILES string of the molecule is CCNC(CCC1CCCC(CC)C1)C(C)C. The Bertz CT molecular complexity index is 188. The quantitative estimate of drug-likeness (QED) is 0.683. The highest BCUT2D eigenvalue weighted by Crippen LogP contribution is 2.34. The summed E-state index contributed by atoms with van der Waals surface area (Å²) in [6, 6.07) is 0.738. The lowest BCUT2D eigenvalue weighted by atomic mass is 9.77. The van der Waals surface area contributed by atoms with E-state index in [1.807, 2.05) is 0 Å². The zero-order valence-electron chi connectivity index (χ0n) is 12.5. The van der Waals surface area contributed by atoms with Crippen molar-refractivity contribution in [2.75, 3.05) is 6.54 Å². The number of hydrogen-bond donors (Lipinski definition) is 1. The van der Waals surface area contributed by atoms with Gasteiger partial charge in [-0.3, -0.25) is 0 Å². The first-order valence-corrected chi connectivity index (χ1v) is 7.90. The Morgan fingerprint density at radius 1 is 1.12 bits per heavy atom. The van der Waals surface area contributed by atoms with Gasteiger partial charge in [0, 0.05) is 6.04 Å². The molecule has 0 aliphatic heterocycles. The average Bonchev–Trinajstić information content (AvgIpc) is 2.34. The third-order valence-electron chi connectivity index (χ3n) is 4.63. The largest absolute Gasteiger partial charge is 0.314 e. The number of nitrogens with one attached hydrogen (secondary N) is 1. The minimum absolute atomic E-state index is 0.738. The Morgan fingerprint density at radius 3 is 2.41 bits per heavy atom. The first-order valence-electron chi connectivity index (χ1n) is 7.90.